The normalized spacial score (nSPS) is 9.43. The third-order valence-corrected chi connectivity index (χ3v) is 6.15. The first kappa shape index (κ1) is 47.5. The zero-order valence-electron chi connectivity index (χ0n) is 35.8. The fourth-order valence-corrected chi connectivity index (χ4v) is 3.92. The molecule has 0 aliphatic carbocycles. The van der Waals surface area contributed by atoms with Crippen molar-refractivity contribution < 1.29 is 8.94 Å². The molecule has 0 radical (unpaired) electrons. The van der Waals surface area contributed by atoms with Crippen molar-refractivity contribution in [3.05, 3.63) is 126 Å². The second-order valence-electron chi connectivity index (χ2n) is 12.4. The summed E-state index contributed by atoms with van der Waals surface area (Å²) in [4.78, 5) is 15.5. The van der Waals surface area contributed by atoms with Gasteiger partial charge in [0.1, 0.15) is 30.6 Å². The highest BCUT2D eigenvalue weighted by Gasteiger charge is 1.90. The fourth-order valence-electron chi connectivity index (χ4n) is 3.92. The van der Waals surface area contributed by atoms with Crippen LogP contribution in [-0.4, -0.2) is 83.8 Å². The monoisotopic (exact) mass is 774 g/mol. The highest BCUT2D eigenvalue weighted by atomic mass is 16.5. The fraction of sp³-hybridized carbons (Fsp3) is 0.432. The lowest BCUT2D eigenvalue weighted by Crippen LogP contribution is -1.86. The number of hydrogen-bond donors (Lipinski definition) is 0. The molecule has 8 aromatic heterocycles. The van der Waals surface area contributed by atoms with Gasteiger partial charge in [-0.3, -0.25) is 28.1 Å². The molecular formula is C37H59N17O2. The Hall–Kier alpha value is -6.53. The number of rotatable bonds is 0. The lowest BCUT2D eigenvalue weighted by atomic mass is 10.4. The van der Waals surface area contributed by atoms with E-state index in [1.54, 1.807) is 60.9 Å². The van der Waals surface area contributed by atoms with Crippen molar-refractivity contribution in [2.45, 2.75) is 69.2 Å². The van der Waals surface area contributed by atoms with E-state index in [0.717, 1.165) is 34.6 Å². The number of oxazole rings is 1. The van der Waals surface area contributed by atoms with E-state index < -0.39 is 0 Å². The Morgan fingerprint density at radius 2 is 0.911 bits per heavy atom. The second kappa shape index (κ2) is 25.5. The van der Waals surface area contributed by atoms with Crippen LogP contribution < -0.4 is 0 Å². The molecule has 8 aromatic rings. The summed E-state index contributed by atoms with van der Waals surface area (Å²) in [5, 5.41) is 27.3. The molecule has 19 heteroatoms. The molecule has 0 N–H and O–H groups in total. The van der Waals surface area contributed by atoms with Gasteiger partial charge in [0.15, 0.2) is 11.7 Å². The van der Waals surface area contributed by atoms with Crippen LogP contribution in [0, 0.1) is 69.2 Å². The number of nitrogens with zero attached hydrogens (tertiary/aromatic N) is 17. The van der Waals surface area contributed by atoms with Crippen molar-refractivity contribution in [1.29, 1.82) is 0 Å². The van der Waals surface area contributed by atoms with E-state index in [9.17, 15) is 0 Å². The summed E-state index contributed by atoms with van der Waals surface area (Å²) < 4.78 is 20.0. The third kappa shape index (κ3) is 23.9. The van der Waals surface area contributed by atoms with E-state index in [1.165, 1.54) is 11.1 Å². The summed E-state index contributed by atoms with van der Waals surface area (Å²) in [7, 11) is 11.3. The minimum atomic E-state index is 0.623. The van der Waals surface area contributed by atoms with Gasteiger partial charge in [0.05, 0.1) is 29.5 Å². The zero-order valence-corrected chi connectivity index (χ0v) is 35.8. The average Bonchev–Trinajstić information content (AvgIpc) is 4.00. The van der Waals surface area contributed by atoms with Gasteiger partial charge in [-0.25, -0.2) is 15.0 Å². The van der Waals surface area contributed by atoms with Gasteiger partial charge < -0.3 is 8.94 Å². The highest BCUT2D eigenvalue weighted by molar-refractivity contribution is 4.99. The van der Waals surface area contributed by atoms with Crippen LogP contribution in [0.5, 0.6) is 0 Å². The van der Waals surface area contributed by atoms with Gasteiger partial charge in [-0.1, -0.05) is 5.16 Å². The Morgan fingerprint density at radius 3 is 1.00 bits per heavy atom. The largest absolute Gasteiger partial charge is 0.449 e. The van der Waals surface area contributed by atoms with Crippen LogP contribution in [0.2, 0.25) is 0 Å². The first-order chi connectivity index (χ1) is 26.3. The van der Waals surface area contributed by atoms with Crippen LogP contribution in [0.25, 0.3) is 0 Å². The van der Waals surface area contributed by atoms with Crippen LogP contribution in [0.4, 0.5) is 0 Å². The lowest BCUT2D eigenvalue weighted by Gasteiger charge is -1.79. The molecule has 0 spiro atoms. The van der Waals surface area contributed by atoms with Crippen molar-refractivity contribution in [2.24, 2.45) is 42.3 Å². The number of aromatic nitrogens is 17. The first-order valence-electron chi connectivity index (χ1n) is 17.4. The summed E-state index contributed by atoms with van der Waals surface area (Å²) in [6.45, 7) is 19.0. The zero-order chi connectivity index (χ0) is 42.2. The molecule has 0 unspecified atom stereocenters. The number of aryl methyl sites for hydroxylation is 16. The minimum absolute atomic E-state index is 0.623. The maximum Gasteiger partial charge on any atom is 0.223 e. The van der Waals surface area contributed by atoms with Gasteiger partial charge >= 0.3 is 0 Å². The third-order valence-electron chi connectivity index (χ3n) is 6.15. The molecule has 8 rings (SSSR count). The van der Waals surface area contributed by atoms with Crippen molar-refractivity contribution in [2.75, 3.05) is 0 Å². The Morgan fingerprint density at radius 1 is 0.464 bits per heavy atom. The van der Waals surface area contributed by atoms with E-state index in [0.29, 0.717) is 11.7 Å². The van der Waals surface area contributed by atoms with Crippen molar-refractivity contribution >= 4 is 0 Å². The molecule has 8 heterocycles. The summed E-state index contributed by atoms with van der Waals surface area (Å²) in [5.41, 5.74) is 5.51. The maximum atomic E-state index is 4.85. The summed E-state index contributed by atoms with van der Waals surface area (Å²) in [6.07, 6.45) is 16.4. The Bertz CT molecular complexity index is 1580. The Balaban J connectivity index is 0.000000320. The smallest absolute Gasteiger partial charge is 0.223 e. The van der Waals surface area contributed by atoms with Crippen LogP contribution in [0.1, 0.15) is 57.5 Å². The molecule has 0 aliphatic heterocycles. The van der Waals surface area contributed by atoms with Crippen LogP contribution in [0.15, 0.2) is 77.2 Å². The van der Waals surface area contributed by atoms with Gasteiger partial charge in [-0.2, -0.15) is 35.6 Å². The van der Waals surface area contributed by atoms with Crippen molar-refractivity contribution in [3.63, 3.8) is 0 Å². The molecule has 0 atom stereocenters. The molecule has 0 fully saturated rings. The first-order valence-corrected chi connectivity index (χ1v) is 17.4. The molecule has 0 aromatic carbocycles. The van der Waals surface area contributed by atoms with Crippen LogP contribution in [-0.2, 0) is 42.3 Å². The van der Waals surface area contributed by atoms with Crippen molar-refractivity contribution in [1.82, 2.24) is 83.8 Å². The molecule has 0 saturated heterocycles. The second-order valence-corrected chi connectivity index (χ2v) is 12.4. The van der Waals surface area contributed by atoms with Gasteiger partial charge in [-0.15, -0.1) is 0 Å². The number of hydrogen-bond acceptors (Lipinski definition) is 13. The topological polar surface area (TPSA) is 198 Å². The molecule has 0 bridgehead atoms. The lowest BCUT2D eigenvalue weighted by molar-refractivity contribution is 0.389. The molecule has 0 aliphatic rings. The summed E-state index contributed by atoms with van der Waals surface area (Å²) in [6, 6.07) is 3.94. The molecule has 19 nitrogen and oxygen atoms in total. The summed E-state index contributed by atoms with van der Waals surface area (Å²) >= 11 is 0. The molecule has 304 valence electrons. The Kier molecular flexibility index (Phi) is 21.6. The van der Waals surface area contributed by atoms with E-state index in [1.807, 2.05) is 147 Å². The highest BCUT2D eigenvalue weighted by Crippen LogP contribution is 1.96. The van der Waals surface area contributed by atoms with E-state index in [2.05, 4.69) is 60.2 Å². The minimum Gasteiger partial charge on any atom is -0.449 e. The predicted molar refractivity (Wildman–Crippen MR) is 213 cm³/mol. The predicted octanol–water partition coefficient (Wildman–Crippen LogP) is 5.14. The van der Waals surface area contributed by atoms with Crippen LogP contribution >= 0.6 is 0 Å². The van der Waals surface area contributed by atoms with Gasteiger partial charge in [-0.05, 0) is 78.6 Å². The summed E-state index contributed by atoms with van der Waals surface area (Å²) in [5.74, 6) is 3.69. The molecular weight excluding hydrogens is 715 g/mol. The van der Waals surface area contributed by atoms with Crippen molar-refractivity contribution in [3.8, 4) is 0 Å². The van der Waals surface area contributed by atoms with Gasteiger partial charge in [0, 0.05) is 80.9 Å². The van der Waals surface area contributed by atoms with E-state index in [-0.39, 0.29) is 0 Å². The maximum absolute atomic E-state index is 4.85. The SMILES string of the molecule is Cc1ccn(C)n1.Cc1ccn(C)n1.Cc1cnn(C)c1.Cc1cnn(C)c1.Cc1coc(C)n1.Cc1ncn(C)n1.Cc1ncn(C)n1.Cc1noc(C)n1. The van der Waals surface area contributed by atoms with Gasteiger partial charge in [0.25, 0.3) is 0 Å². The average molecular weight is 774 g/mol. The standard InChI is InChI=1S/4C5H8N2.C5H7NO.2C4H7N3.C4H6N2O/c2*1-5-3-6-7(2)4-5;2*1-5-3-4-7(2)6-5;1-4-3-7-5(2)6-4;2*1-4-5-3-7(2)6-4;1-3-5-4(2)7-6-3/h4*3-4H,1-2H3;3*3H,1-2H3;1-2H3. The molecule has 0 amide bonds. The van der Waals surface area contributed by atoms with E-state index >= 15 is 0 Å². The van der Waals surface area contributed by atoms with Crippen LogP contribution in [0.3, 0.4) is 0 Å². The molecule has 0 saturated carbocycles. The Labute approximate surface area is 329 Å². The molecule has 56 heavy (non-hydrogen) atoms. The van der Waals surface area contributed by atoms with Gasteiger partial charge in [0.2, 0.25) is 5.89 Å². The quantitative estimate of drug-likeness (QED) is 0.197. The van der Waals surface area contributed by atoms with E-state index in [4.69, 9.17) is 4.42 Å².